The number of carbonyl (C=O) groups excluding carboxylic acids is 1. The Kier molecular flexibility index (Phi) is 11.4. The summed E-state index contributed by atoms with van der Waals surface area (Å²) >= 11 is 1.79. The van der Waals surface area contributed by atoms with E-state index in [1.54, 1.807) is 18.7 Å². The van der Waals surface area contributed by atoms with Crippen LogP contribution in [0.1, 0.15) is 12.5 Å². The first-order valence-corrected chi connectivity index (χ1v) is 14.0. The van der Waals surface area contributed by atoms with Crippen molar-refractivity contribution in [2.45, 2.75) is 22.8 Å². The molecule has 1 fully saturated rings. The van der Waals surface area contributed by atoms with Gasteiger partial charge in [0, 0.05) is 48.1 Å². The average molecular weight is 543 g/mol. The van der Waals surface area contributed by atoms with Crippen LogP contribution in [0, 0.1) is 0 Å². The van der Waals surface area contributed by atoms with Crippen LogP contribution >= 0.6 is 11.8 Å². The van der Waals surface area contributed by atoms with Crippen molar-refractivity contribution in [3.63, 3.8) is 0 Å². The van der Waals surface area contributed by atoms with Crippen molar-refractivity contribution in [1.82, 2.24) is 9.80 Å². The summed E-state index contributed by atoms with van der Waals surface area (Å²) in [5.41, 5.74) is 7.92. The van der Waals surface area contributed by atoms with E-state index in [1.165, 1.54) is 15.4 Å². The van der Waals surface area contributed by atoms with Gasteiger partial charge in [0.05, 0.1) is 51.9 Å². The minimum absolute atomic E-state index is 0.123. The van der Waals surface area contributed by atoms with E-state index in [-0.39, 0.29) is 6.61 Å². The second kappa shape index (κ2) is 15.2. The Morgan fingerprint density at radius 3 is 2.34 bits per heavy atom. The van der Waals surface area contributed by atoms with Crippen molar-refractivity contribution in [1.29, 1.82) is 0 Å². The van der Waals surface area contributed by atoms with Crippen LogP contribution in [0.3, 0.4) is 0 Å². The average Bonchev–Trinajstić information content (AvgIpc) is 3.11. The molecular formula is C28H38N4O5S. The molecule has 2 heterocycles. The molecule has 2 N–H and O–H groups in total. The number of esters is 1. The molecule has 0 spiro atoms. The first kappa shape index (κ1) is 28.5. The fraction of sp³-hybridized carbons (Fsp3) is 0.500. The van der Waals surface area contributed by atoms with Gasteiger partial charge in [0.15, 0.2) is 0 Å². The smallest absolute Gasteiger partial charge is 0.325 e. The molecule has 206 valence electrons. The van der Waals surface area contributed by atoms with Gasteiger partial charge in [-0.2, -0.15) is 0 Å². The van der Waals surface area contributed by atoms with E-state index < -0.39 is 12.0 Å². The standard InChI is InChI=1S/C28H38N4O5S/c1-2-37-28(33)23(29)21-36-20-19-35-18-17-34-16-15-31-11-13-32(14-12-31)27-22-7-3-5-9-25(22)38-26-10-6-4-8-24(26)30-27/h3-10,23H,2,11-21,29H2,1H3. The lowest BCUT2D eigenvalue weighted by atomic mass is 10.1. The lowest BCUT2D eigenvalue weighted by Gasteiger charge is -2.36. The summed E-state index contributed by atoms with van der Waals surface area (Å²) in [7, 11) is 0. The van der Waals surface area contributed by atoms with Crippen molar-refractivity contribution < 1.29 is 23.7 Å². The van der Waals surface area contributed by atoms with Crippen LogP contribution in [0.2, 0.25) is 0 Å². The second-order valence-electron chi connectivity index (χ2n) is 8.99. The van der Waals surface area contributed by atoms with E-state index in [1.807, 2.05) is 0 Å². The number of rotatable bonds is 13. The van der Waals surface area contributed by atoms with Crippen molar-refractivity contribution in [2.75, 3.05) is 79.0 Å². The maximum Gasteiger partial charge on any atom is 0.325 e. The molecule has 0 saturated carbocycles. The van der Waals surface area contributed by atoms with Crippen LogP contribution in [-0.4, -0.2) is 107 Å². The quantitative estimate of drug-likeness (QED) is 0.303. The van der Waals surface area contributed by atoms with E-state index in [0.29, 0.717) is 39.6 Å². The normalized spacial score (nSPS) is 16.3. The number of fused-ring (bicyclic) bond motifs is 2. The van der Waals surface area contributed by atoms with Gasteiger partial charge in [-0.15, -0.1) is 0 Å². The number of nitrogens with two attached hydrogens (primary N) is 1. The number of para-hydroxylation sites is 1. The molecule has 2 aliphatic rings. The van der Waals surface area contributed by atoms with Crippen molar-refractivity contribution in [2.24, 2.45) is 10.7 Å². The fourth-order valence-corrected chi connectivity index (χ4v) is 5.27. The lowest BCUT2D eigenvalue weighted by Crippen LogP contribution is -2.49. The Hall–Kier alpha value is -2.47. The molecule has 0 aromatic heterocycles. The van der Waals surface area contributed by atoms with Crippen LogP contribution in [0.4, 0.5) is 5.69 Å². The molecular weight excluding hydrogens is 504 g/mol. The predicted molar refractivity (Wildman–Crippen MR) is 148 cm³/mol. The van der Waals surface area contributed by atoms with Gasteiger partial charge < -0.3 is 29.6 Å². The number of piperazine rings is 1. The van der Waals surface area contributed by atoms with E-state index >= 15 is 0 Å². The summed E-state index contributed by atoms with van der Waals surface area (Å²) in [6, 6.07) is 16.2. The van der Waals surface area contributed by atoms with Gasteiger partial charge >= 0.3 is 5.97 Å². The highest BCUT2D eigenvalue weighted by Crippen LogP contribution is 2.40. The van der Waals surface area contributed by atoms with Gasteiger partial charge in [0.25, 0.3) is 0 Å². The number of aliphatic imine (C=N–C) groups is 1. The molecule has 2 aliphatic heterocycles. The van der Waals surface area contributed by atoms with Gasteiger partial charge in [-0.25, -0.2) is 4.99 Å². The van der Waals surface area contributed by atoms with Gasteiger partial charge in [-0.05, 0) is 25.1 Å². The zero-order valence-electron chi connectivity index (χ0n) is 22.0. The van der Waals surface area contributed by atoms with Gasteiger partial charge in [0.1, 0.15) is 11.9 Å². The maximum absolute atomic E-state index is 11.4. The zero-order valence-corrected chi connectivity index (χ0v) is 22.9. The first-order chi connectivity index (χ1) is 18.7. The molecule has 1 unspecified atom stereocenters. The van der Waals surface area contributed by atoms with Gasteiger partial charge in [0.2, 0.25) is 0 Å². The van der Waals surface area contributed by atoms with E-state index in [2.05, 4.69) is 58.3 Å². The molecule has 2 aromatic carbocycles. The van der Waals surface area contributed by atoms with Crippen LogP contribution in [0.15, 0.2) is 63.3 Å². The Morgan fingerprint density at radius 1 is 0.921 bits per heavy atom. The number of amidine groups is 1. The minimum Gasteiger partial charge on any atom is -0.465 e. The Labute approximate surface area is 229 Å². The number of hydrogen-bond donors (Lipinski definition) is 1. The molecule has 9 nitrogen and oxygen atoms in total. The lowest BCUT2D eigenvalue weighted by molar-refractivity contribution is -0.146. The van der Waals surface area contributed by atoms with Crippen molar-refractivity contribution >= 4 is 29.3 Å². The van der Waals surface area contributed by atoms with Crippen LogP contribution in [0.5, 0.6) is 0 Å². The number of benzene rings is 2. The highest BCUT2D eigenvalue weighted by molar-refractivity contribution is 7.99. The number of nitrogens with zero attached hydrogens (tertiary/aromatic N) is 3. The molecule has 4 rings (SSSR count). The second-order valence-corrected chi connectivity index (χ2v) is 10.1. The third-order valence-electron chi connectivity index (χ3n) is 6.29. The Morgan fingerprint density at radius 2 is 1.58 bits per heavy atom. The molecule has 2 aromatic rings. The van der Waals surface area contributed by atoms with Gasteiger partial charge in [-0.3, -0.25) is 9.69 Å². The summed E-state index contributed by atoms with van der Waals surface area (Å²) in [6.07, 6.45) is 0. The SMILES string of the molecule is CCOC(=O)C(N)COCCOCCOCCN1CCN(C2=Nc3ccccc3Sc3ccccc32)CC1. The van der Waals surface area contributed by atoms with Crippen LogP contribution in [0.25, 0.3) is 0 Å². The molecule has 0 radical (unpaired) electrons. The molecule has 0 aliphatic carbocycles. The summed E-state index contributed by atoms with van der Waals surface area (Å²) in [6.45, 7) is 9.39. The third-order valence-corrected chi connectivity index (χ3v) is 7.43. The molecule has 1 saturated heterocycles. The molecule has 10 heteroatoms. The van der Waals surface area contributed by atoms with Crippen molar-refractivity contribution in [3.8, 4) is 0 Å². The monoisotopic (exact) mass is 542 g/mol. The minimum atomic E-state index is -0.758. The number of carbonyl (C=O) groups is 1. The van der Waals surface area contributed by atoms with Crippen molar-refractivity contribution in [3.05, 3.63) is 54.1 Å². The van der Waals surface area contributed by atoms with Gasteiger partial charge in [-0.1, -0.05) is 42.1 Å². The van der Waals surface area contributed by atoms with E-state index in [0.717, 1.165) is 44.2 Å². The topological polar surface area (TPSA) is 98.8 Å². The maximum atomic E-state index is 11.4. The molecule has 38 heavy (non-hydrogen) atoms. The van der Waals surface area contributed by atoms with Crippen LogP contribution in [-0.2, 0) is 23.7 Å². The summed E-state index contributed by atoms with van der Waals surface area (Å²) in [5, 5.41) is 0. The highest BCUT2D eigenvalue weighted by atomic mass is 32.2. The van der Waals surface area contributed by atoms with E-state index in [9.17, 15) is 4.79 Å². The molecule has 1 atom stereocenters. The third kappa shape index (κ3) is 8.26. The van der Waals surface area contributed by atoms with E-state index in [4.69, 9.17) is 29.7 Å². The number of hydrogen-bond acceptors (Lipinski definition) is 10. The molecule has 0 amide bonds. The molecule has 0 bridgehead atoms. The zero-order chi connectivity index (χ0) is 26.6. The summed E-state index contributed by atoms with van der Waals surface area (Å²) < 4.78 is 21.5. The van der Waals surface area contributed by atoms with Crippen LogP contribution < -0.4 is 5.73 Å². The summed E-state index contributed by atoms with van der Waals surface area (Å²) in [5.74, 6) is 0.620. The largest absolute Gasteiger partial charge is 0.465 e. The summed E-state index contributed by atoms with van der Waals surface area (Å²) in [4.78, 5) is 23.8. The first-order valence-electron chi connectivity index (χ1n) is 13.2. The number of ether oxygens (including phenoxy) is 4. The fourth-order valence-electron chi connectivity index (χ4n) is 4.25. The Balaban J connectivity index is 1.11. The Bertz CT molecular complexity index is 1060. The predicted octanol–water partition coefficient (Wildman–Crippen LogP) is 2.79. The highest BCUT2D eigenvalue weighted by Gasteiger charge is 2.25.